The largest absolute Gasteiger partial charge is 0.393 e. The van der Waals surface area contributed by atoms with Crippen molar-refractivity contribution in [2.24, 2.45) is 0 Å². The van der Waals surface area contributed by atoms with Gasteiger partial charge < -0.3 is 11.1 Å². The molecule has 5 N–H and O–H groups in total. The molecule has 0 aliphatic rings. The molecule has 0 aliphatic heterocycles. The Labute approximate surface area is 150 Å². The topological polar surface area (TPSA) is 118 Å². The van der Waals surface area contributed by atoms with Crippen LogP contribution >= 0.6 is 0 Å². The summed E-state index contributed by atoms with van der Waals surface area (Å²) in [6, 6.07) is 11.5. The summed E-state index contributed by atoms with van der Waals surface area (Å²) in [6.07, 6.45) is 4.43. The van der Waals surface area contributed by atoms with Crippen molar-refractivity contribution in [1.29, 1.82) is 0 Å². The number of nitrogens with two attached hydrogens (primary N) is 1. The molecule has 2 aromatic heterocycles. The van der Waals surface area contributed by atoms with Crippen LogP contribution in [0.25, 0.3) is 0 Å². The number of rotatable bonds is 6. The first-order valence-electron chi connectivity index (χ1n) is 8.00. The first kappa shape index (κ1) is 17.2. The number of anilines is 3. The fraction of sp³-hybridized carbons (Fsp3) is 0.111. The van der Waals surface area contributed by atoms with E-state index in [1.807, 2.05) is 31.2 Å². The van der Waals surface area contributed by atoms with E-state index in [0.717, 1.165) is 5.56 Å². The Hall–Kier alpha value is -3.68. The molecular formula is C18H19N7O. The predicted octanol–water partition coefficient (Wildman–Crippen LogP) is 2.13. The molecule has 26 heavy (non-hydrogen) atoms. The summed E-state index contributed by atoms with van der Waals surface area (Å²) in [5, 5.41) is 3.17. The lowest BCUT2D eigenvalue weighted by Crippen LogP contribution is -2.30. The highest BCUT2D eigenvalue weighted by Crippen LogP contribution is 2.22. The molecule has 0 fully saturated rings. The molecule has 0 aliphatic carbocycles. The van der Waals surface area contributed by atoms with Crippen molar-refractivity contribution in [3.05, 3.63) is 71.8 Å². The van der Waals surface area contributed by atoms with E-state index in [0.29, 0.717) is 29.4 Å². The number of nitrogens with zero attached hydrogens (tertiary/aromatic N) is 3. The third-order valence-electron chi connectivity index (χ3n) is 3.68. The SMILES string of the molecule is Cc1ccc(CNc2ncnc(NNC(=O)c3cccnc3)c2N)cc1. The standard InChI is InChI=1S/C18H19N7O/c1-12-4-6-13(7-5-12)9-21-16-15(19)17(23-11-22-16)24-25-18(26)14-3-2-8-20-10-14/h2-8,10-11H,9,19H2,1H3,(H,25,26)(H2,21,22,23,24). The molecular weight excluding hydrogens is 330 g/mol. The minimum absolute atomic E-state index is 0.309. The molecule has 8 nitrogen and oxygen atoms in total. The molecule has 0 saturated carbocycles. The maximum atomic E-state index is 12.0. The number of nitrogen functional groups attached to an aromatic ring is 1. The second-order valence-corrected chi connectivity index (χ2v) is 5.64. The van der Waals surface area contributed by atoms with Gasteiger partial charge in [0.05, 0.1) is 5.56 Å². The van der Waals surface area contributed by atoms with Crippen LogP contribution in [0.15, 0.2) is 55.1 Å². The molecule has 0 radical (unpaired) electrons. The van der Waals surface area contributed by atoms with Gasteiger partial charge in [0.25, 0.3) is 5.91 Å². The molecule has 0 unspecified atom stereocenters. The second-order valence-electron chi connectivity index (χ2n) is 5.64. The van der Waals surface area contributed by atoms with Crippen molar-refractivity contribution in [2.75, 3.05) is 16.5 Å². The average Bonchev–Trinajstić information content (AvgIpc) is 2.68. The highest BCUT2D eigenvalue weighted by Gasteiger charge is 2.10. The number of carbonyl (C=O) groups is 1. The lowest BCUT2D eigenvalue weighted by atomic mass is 10.1. The van der Waals surface area contributed by atoms with Crippen molar-refractivity contribution in [3.63, 3.8) is 0 Å². The van der Waals surface area contributed by atoms with Gasteiger partial charge in [-0.3, -0.25) is 20.6 Å². The summed E-state index contributed by atoms with van der Waals surface area (Å²) in [5.41, 5.74) is 14.4. The van der Waals surface area contributed by atoms with Gasteiger partial charge in [-0.2, -0.15) is 0 Å². The summed E-state index contributed by atoms with van der Waals surface area (Å²) < 4.78 is 0. The normalized spacial score (nSPS) is 10.2. The van der Waals surface area contributed by atoms with E-state index in [9.17, 15) is 4.79 Å². The Kier molecular flexibility index (Phi) is 5.23. The van der Waals surface area contributed by atoms with Crippen LogP contribution in [0.3, 0.4) is 0 Å². The van der Waals surface area contributed by atoms with Crippen LogP contribution in [-0.4, -0.2) is 20.9 Å². The van der Waals surface area contributed by atoms with Crippen LogP contribution in [-0.2, 0) is 6.54 Å². The number of aromatic nitrogens is 3. The molecule has 3 aromatic rings. The molecule has 3 rings (SSSR count). The van der Waals surface area contributed by atoms with Crippen LogP contribution in [0.2, 0.25) is 0 Å². The Morgan fingerprint density at radius 3 is 2.62 bits per heavy atom. The summed E-state index contributed by atoms with van der Waals surface area (Å²) >= 11 is 0. The molecule has 1 amide bonds. The number of carbonyl (C=O) groups excluding carboxylic acids is 1. The molecule has 2 heterocycles. The smallest absolute Gasteiger partial charge is 0.271 e. The van der Waals surface area contributed by atoms with Gasteiger partial charge in [-0.05, 0) is 24.6 Å². The quantitative estimate of drug-likeness (QED) is 0.503. The van der Waals surface area contributed by atoms with Crippen LogP contribution in [0, 0.1) is 6.92 Å². The fourth-order valence-electron chi connectivity index (χ4n) is 2.21. The minimum Gasteiger partial charge on any atom is -0.393 e. The van der Waals surface area contributed by atoms with Crippen LogP contribution < -0.4 is 21.9 Å². The van der Waals surface area contributed by atoms with Crippen molar-refractivity contribution in [3.8, 4) is 0 Å². The van der Waals surface area contributed by atoms with E-state index < -0.39 is 0 Å². The van der Waals surface area contributed by atoms with Crippen molar-refractivity contribution >= 4 is 23.2 Å². The van der Waals surface area contributed by atoms with Crippen LogP contribution in [0.5, 0.6) is 0 Å². The van der Waals surface area contributed by atoms with Gasteiger partial charge in [0, 0.05) is 18.9 Å². The van der Waals surface area contributed by atoms with Gasteiger partial charge in [-0.1, -0.05) is 29.8 Å². The third-order valence-corrected chi connectivity index (χ3v) is 3.68. The second kappa shape index (κ2) is 7.93. The number of aryl methyl sites for hydroxylation is 1. The maximum Gasteiger partial charge on any atom is 0.271 e. The first-order chi connectivity index (χ1) is 12.6. The predicted molar refractivity (Wildman–Crippen MR) is 100 cm³/mol. The van der Waals surface area contributed by atoms with Gasteiger partial charge >= 0.3 is 0 Å². The monoisotopic (exact) mass is 349 g/mol. The van der Waals surface area contributed by atoms with Gasteiger partial charge in [0.2, 0.25) is 0 Å². The lowest BCUT2D eigenvalue weighted by molar-refractivity contribution is 0.0962. The van der Waals surface area contributed by atoms with Crippen molar-refractivity contribution in [2.45, 2.75) is 13.5 Å². The van der Waals surface area contributed by atoms with E-state index >= 15 is 0 Å². The number of amides is 1. The maximum absolute atomic E-state index is 12.0. The molecule has 132 valence electrons. The number of benzene rings is 1. The number of hydrazine groups is 1. The number of hydrogen-bond acceptors (Lipinski definition) is 7. The number of pyridine rings is 1. The van der Waals surface area contributed by atoms with E-state index in [1.165, 1.54) is 18.1 Å². The van der Waals surface area contributed by atoms with E-state index in [-0.39, 0.29) is 5.91 Å². The number of nitrogens with one attached hydrogen (secondary N) is 3. The van der Waals surface area contributed by atoms with Crippen molar-refractivity contribution in [1.82, 2.24) is 20.4 Å². The fourth-order valence-corrected chi connectivity index (χ4v) is 2.21. The summed E-state index contributed by atoms with van der Waals surface area (Å²) in [6.45, 7) is 2.61. The average molecular weight is 349 g/mol. The zero-order chi connectivity index (χ0) is 18.4. The summed E-state index contributed by atoms with van der Waals surface area (Å²) in [5.74, 6) is 0.452. The zero-order valence-corrected chi connectivity index (χ0v) is 14.2. The van der Waals surface area contributed by atoms with E-state index in [2.05, 4.69) is 31.1 Å². The van der Waals surface area contributed by atoms with Crippen LogP contribution in [0.1, 0.15) is 21.5 Å². The van der Waals surface area contributed by atoms with Gasteiger partial charge in [-0.15, -0.1) is 0 Å². The molecule has 8 heteroatoms. The Morgan fingerprint density at radius 2 is 1.88 bits per heavy atom. The molecule has 0 saturated heterocycles. The highest BCUT2D eigenvalue weighted by atomic mass is 16.2. The summed E-state index contributed by atoms with van der Waals surface area (Å²) in [4.78, 5) is 24.1. The Morgan fingerprint density at radius 1 is 1.12 bits per heavy atom. The Bertz CT molecular complexity index is 882. The summed E-state index contributed by atoms with van der Waals surface area (Å²) in [7, 11) is 0. The van der Waals surface area contributed by atoms with Crippen molar-refractivity contribution < 1.29 is 4.79 Å². The Balaban J connectivity index is 1.63. The number of hydrogen-bond donors (Lipinski definition) is 4. The van der Waals surface area contributed by atoms with Gasteiger partial charge in [0.1, 0.15) is 12.0 Å². The molecule has 0 bridgehead atoms. The molecule has 0 atom stereocenters. The first-order valence-corrected chi connectivity index (χ1v) is 8.00. The van der Waals surface area contributed by atoms with Gasteiger partial charge in [-0.25, -0.2) is 9.97 Å². The third kappa shape index (κ3) is 4.23. The minimum atomic E-state index is -0.342. The van der Waals surface area contributed by atoms with E-state index in [4.69, 9.17) is 5.73 Å². The van der Waals surface area contributed by atoms with E-state index in [1.54, 1.807) is 18.3 Å². The lowest BCUT2D eigenvalue weighted by Gasteiger charge is -2.13. The van der Waals surface area contributed by atoms with Gasteiger partial charge in [0.15, 0.2) is 11.6 Å². The molecule has 0 spiro atoms. The van der Waals surface area contributed by atoms with Crippen LogP contribution in [0.4, 0.5) is 17.3 Å². The zero-order valence-electron chi connectivity index (χ0n) is 14.2. The highest BCUT2D eigenvalue weighted by molar-refractivity contribution is 5.94. The molecule has 1 aromatic carbocycles.